The lowest BCUT2D eigenvalue weighted by molar-refractivity contribution is -0.274. The average Bonchev–Trinajstić information content (AvgIpc) is 3.02. The van der Waals surface area contributed by atoms with E-state index in [1.54, 1.807) is 18.2 Å². The van der Waals surface area contributed by atoms with Gasteiger partial charge in [-0.1, -0.05) is 41.4 Å². The number of rotatable bonds is 3. The fourth-order valence-corrected chi connectivity index (χ4v) is 4.52. The van der Waals surface area contributed by atoms with Crippen LogP contribution >= 0.6 is 35.0 Å². The minimum atomic E-state index is -4.88. The number of thioether (sulfide) groups is 1. The van der Waals surface area contributed by atoms with E-state index in [1.807, 2.05) is 0 Å². The highest BCUT2D eigenvalue weighted by molar-refractivity contribution is 7.99. The molecule has 1 unspecified atom stereocenters. The van der Waals surface area contributed by atoms with Gasteiger partial charge in [-0.25, -0.2) is 0 Å². The lowest BCUT2D eigenvalue weighted by Crippen LogP contribution is -2.31. The van der Waals surface area contributed by atoms with E-state index >= 15 is 0 Å². The third-order valence-corrected chi connectivity index (χ3v) is 5.53. The Balaban J connectivity index is 1.92. The molecule has 1 heterocycles. The predicted octanol–water partition coefficient (Wildman–Crippen LogP) is 5.78. The van der Waals surface area contributed by atoms with Crippen LogP contribution in [0.15, 0.2) is 42.5 Å². The maximum Gasteiger partial charge on any atom is 0.573 e. The fourth-order valence-electron chi connectivity index (χ4n) is 2.65. The second-order valence-corrected chi connectivity index (χ2v) is 7.46. The van der Waals surface area contributed by atoms with Crippen molar-refractivity contribution in [1.82, 2.24) is 4.90 Å². The summed E-state index contributed by atoms with van der Waals surface area (Å²) < 4.78 is 41.8. The van der Waals surface area contributed by atoms with Crippen molar-refractivity contribution in [3.05, 3.63) is 63.6 Å². The summed E-state index contributed by atoms with van der Waals surface area (Å²) in [6.07, 6.45) is -4.88. The molecule has 0 saturated carbocycles. The number of carbonyl (C=O) groups is 1. The van der Waals surface area contributed by atoms with Gasteiger partial charge in [0.2, 0.25) is 0 Å². The molecule has 1 atom stereocenters. The topological polar surface area (TPSA) is 29.5 Å². The number of para-hydroxylation sites is 1. The van der Waals surface area contributed by atoms with Crippen LogP contribution in [0.3, 0.4) is 0 Å². The average molecular weight is 422 g/mol. The molecule has 0 N–H and O–H groups in total. The van der Waals surface area contributed by atoms with Crippen LogP contribution in [0.2, 0.25) is 10.0 Å². The van der Waals surface area contributed by atoms with Crippen molar-refractivity contribution in [2.24, 2.45) is 0 Å². The molecule has 1 fully saturated rings. The molecular weight excluding hydrogens is 410 g/mol. The zero-order chi connectivity index (χ0) is 18.9. The van der Waals surface area contributed by atoms with Crippen molar-refractivity contribution in [1.29, 1.82) is 0 Å². The largest absolute Gasteiger partial charge is 0.573 e. The molecule has 138 valence electrons. The van der Waals surface area contributed by atoms with Crippen LogP contribution in [0.25, 0.3) is 0 Å². The van der Waals surface area contributed by atoms with E-state index in [1.165, 1.54) is 34.9 Å². The highest BCUT2D eigenvalue weighted by Crippen LogP contribution is 2.43. The minimum Gasteiger partial charge on any atom is -0.405 e. The van der Waals surface area contributed by atoms with Gasteiger partial charge in [0.1, 0.15) is 11.1 Å². The van der Waals surface area contributed by atoms with Gasteiger partial charge in [0.05, 0.1) is 5.56 Å². The normalized spacial score (nSPS) is 17.4. The summed E-state index contributed by atoms with van der Waals surface area (Å²) in [5.41, 5.74) is 0.531. The maximum absolute atomic E-state index is 12.9. The molecule has 3 nitrogen and oxygen atoms in total. The summed E-state index contributed by atoms with van der Waals surface area (Å²) >= 11 is 13.6. The lowest BCUT2D eigenvalue weighted by Gasteiger charge is -2.26. The molecule has 0 spiro atoms. The second kappa shape index (κ2) is 7.58. The van der Waals surface area contributed by atoms with Crippen molar-refractivity contribution < 1.29 is 22.7 Å². The maximum atomic E-state index is 12.9. The number of ether oxygens (including phenoxy) is 1. The summed E-state index contributed by atoms with van der Waals surface area (Å²) in [5, 5.41) is 0.448. The number of halogens is 5. The Bertz CT molecular complexity index is 832. The van der Waals surface area contributed by atoms with Gasteiger partial charge in [-0.2, -0.15) is 0 Å². The van der Waals surface area contributed by atoms with Crippen LogP contribution < -0.4 is 4.74 Å². The highest BCUT2D eigenvalue weighted by atomic mass is 35.5. The monoisotopic (exact) mass is 421 g/mol. The Morgan fingerprint density at radius 3 is 2.62 bits per heavy atom. The van der Waals surface area contributed by atoms with Gasteiger partial charge in [-0.05, 0) is 24.3 Å². The molecule has 1 saturated heterocycles. The molecule has 26 heavy (non-hydrogen) atoms. The molecule has 1 amide bonds. The summed E-state index contributed by atoms with van der Waals surface area (Å²) in [7, 11) is 0. The van der Waals surface area contributed by atoms with Crippen molar-refractivity contribution in [2.45, 2.75) is 11.7 Å². The summed E-state index contributed by atoms with van der Waals surface area (Å²) in [6, 6.07) is 10.2. The van der Waals surface area contributed by atoms with Crippen LogP contribution in [0.1, 0.15) is 21.3 Å². The van der Waals surface area contributed by atoms with Crippen molar-refractivity contribution in [2.75, 3.05) is 12.3 Å². The smallest absolute Gasteiger partial charge is 0.405 e. The quantitative estimate of drug-likeness (QED) is 0.628. The van der Waals surface area contributed by atoms with Gasteiger partial charge in [0, 0.05) is 27.9 Å². The zero-order valence-electron chi connectivity index (χ0n) is 13.1. The summed E-state index contributed by atoms with van der Waals surface area (Å²) in [6.45, 7) is 0.382. The number of alkyl halides is 3. The molecule has 1 aliphatic rings. The minimum absolute atomic E-state index is 0.151. The molecule has 2 aromatic carbocycles. The van der Waals surface area contributed by atoms with E-state index in [4.69, 9.17) is 23.2 Å². The lowest BCUT2D eigenvalue weighted by atomic mass is 10.1. The van der Waals surface area contributed by atoms with Crippen molar-refractivity contribution >= 4 is 40.9 Å². The van der Waals surface area contributed by atoms with E-state index in [-0.39, 0.29) is 5.56 Å². The number of hydrogen-bond donors (Lipinski definition) is 0. The first-order valence-electron chi connectivity index (χ1n) is 7.48. The molecule has 0 radical (unpaired) electrons. The first kappa shape index (κ1) is 19.2. The first-order valence-corrected chi connectivity index (χ1v) is 9.29. The summed E-state index contributed by atoms with van der Waals surface area (Å²) in [5.74, 6) is -0.439. The van der Waals surface area contributed by atoms with E-state index in [2.05, 4.69) is 4.74 Å². The van der Waals surface area contributed by atoms with Gasteiger partial charge in [0.25, 0.3) is 5.91 Å². The number of hydrogen-bond acceptors (Lipinski definition) is 3. The number of carbonyl (C=O) groups excluding carboxylic acids is 1. The number of nitrogens with zero attached hydrogens (tertiary/aromatic N) is 1. The van der Waals surface area contributed by atoms with Crippen LogP contribution in [0.4, 0.5) is 13.2 Å². The Hall–Kier alpha value is -1.57. The zero-order valence-corrected chi connectivity index (χ0v) is 15.4. The van der Waals surface area contributed by atoms with Crippen LogP contribution in [-0.2, 0) is 0 Å². The molecule has 9 heteroatoms. The standard InChI is InChI=1S/C17H12Cl2F3NO2S/c18-10-5-6-11(13(19)9-10)16-23(7-8-26-16)15(24)12-3-1-2-4-14(12)25-17(20,21)22/h1-6,9,16H,7-8H2. The van der Waals surface area contributed by atoms with Gasteiger partial charge in [-0.3, -0.25) is 4.79 Å². The highest BCUT2D eigenvalue weighted by Gasteiger charge is 2.36. The number of amides is 1. The molecule has 0 aliphatic carbocycles. The molecule has 0 bridgehead atoms. The van der Waals surface area contributed by atoms with E-state index in [0.717, 1.165) is 6.07 Å². The molecular formula is C17H12Cl2F3NO2S. The van der Waals surface area contributed by atoms with Crippen molar-refractivity contribution in [3.8, 4) is 5.75 Å². The third-order valence-electron chi connectivity index (χ3n) is 3.72. The Labute approximate surface area is 162 Å². The predicted molar refractivity (Wildman–Crippen MR) is 95.8 cm³/mol. The second-order valence-electron chi connectivity index (χ2n) is 5.43. The Kier molecular flexibility index (Phi) is 5.60. The van der Waals surface area contributed by atoms with E-state index in [0.29, 0.717) is 27.9 Å². The van der Waals surface area contributed by atoms with E-state index < -0.39 is 23.4 Å². The fraction of sp³-hybridized carbons (Fsp3) is 0.235. The first-order chi connectivity index (χ1) is 12.3. The Morgan fingerprint density at radius 2 is 1.92 bits per heavy atom. The van der Waals surface area contributed by atoms with E-state index in [9.17, 15) is 18.0 Å². The molecule has 0 aromatic heterocycles. The molecule has 1 aliphatic heterocycles. The van der Waals surface area contributed by atoms with Gasteiger partial charge >= 0.3 is 6.36 Å². The van der Waals surface area contributed by atoms with Gasteiger partial charge < -0.3 is 9.64 Å². The third kappa shape index (κ3) is 4.22. The summed E-state index contributed by atoms with van der Waals surface area (Å²) in [4.78, 5) is 14.4. The van der Waals surface area contributed by atoms with Crippen molar-refractivity contribution in [3.63, 3.8) is 0 Å². The van der Waals surface area contributed by atoms with Crippen LogP contribution in [0.5, 0.6) is 5.75 Å². The molecule has 2 aromatic rings. The van der Waals surface area contributed by atoms with Gasteiger partial charge in [0.15, 0.2) is 0 Å². The van der Waals surface area contributed by atoms with Crippen LogP contribution in [-0.4, -0.2) is 29.5 Å². The SMILES string of the molecule is O=C(c1ccccc1OC(F)(F)F)N1CCSC1c1ccc(Cl)cc1Cl. The Morgan fingerprint density at radius 1 is 1.19 bits per heavy atom. The molecule has 3 rings (SSSR count). The van der Waals surface area contributed by atoms with Gasteiger partial charge in [-0.15, -0.1) is 24.9 Å². The number of benzene rings is 2. The van der Waals surface area contributed by atoms with Crippen LogP contribution in [0, 0.1) is 0 Å².